The number of aryl methyl sites for hydroxylation is 1. The smallest absolute Gasteiger partial charge is 0.167 e. The average Bonchev–Trinajstić information content (AvgIpc) is 3.74. The monoisotopic (exact) mass is 464 g/mol. The zero-order valence-corrected chi connectivity index (χ0v) is 20.5. The highest BCUT2D eigenvalue weighted by atomic mass is 16.5. The molecule has 1 heterocycles. The third-order valence-electron chi connectivity index (χ3n) is 6.86. The summed E-state index contributed by atoms with van der Waals surface area (Å²) in [5.41, 5.74) is 8.49. The van der Waals surface area contributed by atoms with Gasteiger partial charge in [-0.3, -0.25) is 9.78 Å². The molecule has 1 aromatic heterocycles. The number of pyridine rings is 1. The summed E-state index contributed by atoms with van der Waals surface area (Å²) in [4.78, 5) is 18.4. The van der Waals surface area contributed by atoms with Crippen LogP contribution in [0.15, 0.2) is 72.8 Å². The standard InChI is InChI=1S/C31H32N2O2/c1-32-28-14-12-23(21-7-4-3-5-8-21)17-26(28)20-31(34)24-13-15-29-25(18-24)19-27(22-10-11-22)30(33-29)9-6-16-35-2/h3-5,7-8,12-15,17-19,22,32H,6,9-11,16,20H2,1-2H3. The summed E-state index contributed by atoms with van der Waals surface area (Å²) < 4.78 is 5.24. The molecule has 0 amide bonds. The molecule has 0 unspecified atom stereocenters. The number of ketones is 1. The second kappa shape index (κ2) is 10.4. The van der Waals surface area contributed by atoms with Crippen LogP contribution in [0.25, 0.3) is 22.0 Å². The van der Waals surface area contributed by atoms with E-state index in [4.69, 9.17) is 9.72 Å². The van der Waals surface area contributed by atoms with Gasteiger partial charge in [0.1, 0.15) is 0 Å². The van der Waals surface area contributed by atoms with Gasteiger partial charge in [0.25, 0.3) is 0 Å². The first kappa shape index (κ1) is 23.3. The van der Waals surface area contributed by atoms with Crippen molar-refractivity contribution in [1.29, 1.82) is 0 Å². The maximum Gasteiger partial charge on any atom is 0.167 e. The molecule has 0 spiro atoms. The first-order chi connectivity index (χ1) is 17.2. The number of ether oxygens (including phenoxy) is 1. The fourth-order valence-electron chi connectivity index (χ4n) is 4.81. The number of methoxy groups -OCH3 is 1. The Balaban J connectivity index is 1.42. The van der Waals surface area contributed by atoms with Crippen molar-refractivity contribution in [3.63, 3.8) is 0 Å². The molecule has 1 aliphatic rings. The number of hydrogen-bond donors (Lipinski definition) is 1. The molecule has 1 saturated carbocycles. The Morgan fingerprint density at radius 3 is 2.57 bits per heavy atom. The number of carbonyl (C=O) groups excluding carboxylic acids is 1. The summed E-state index contributed by atoms with van der Waals surface area (Å²) >= 11 is 0. The molecule has 3 aromatic carbocycles. The molecule has 0 saturated heterocycles. The minimum absolute atomic E-state index is 0.116. The predicted octanol–water partition coefficient (Wildman–Crippen LogP) is 6.83. The Labute approximate surface area is 207 Å². The molecule has 35 heavy (non-hydrogen) atoms. The van der Waals surface area contributed by atoms with Crippen molar-refractivity contribution in [3.8, 4) is 11.1 Å². The van der Waals surface area contributed by atoms with Crippen LogP contribution in [0.4, 0.5) is 5.69 Å². The number of anilines is 1. The van der Waals surface area contributed by atoms with E-state index in [0.717, 1.165) is 58.3 Å². The fraction of sp³-hybridized carbons (Fsp3) is 0.290. The molecule has 178 valence electrons. The summed E-state index contributed by atoms with van der Waals surface area (Å²) in [5.74, 6) is 0.730. The second-order valence-electron chi connectivity index (χ2n) is 9.39. The van der Waals surface area contributed by atoms with Crippen LogP contribution in [0, 0.1) is 0 Å². The number of nitrogens with one attached hydrogen (secondary N) is 1. The first-order valence-corrected chi connectivity index (χ1v) is 12.5. The molecule has 4 nitrogen and oxygen atoms in total. The molecule has 0 aliphatic heterocycles. The van der Waals surface area contributed by atoms with Gasteiger partial charge in [-0.15, -0.1) is 0 Å². The van der Waals surface area contributed by atoms with E-state index in [1.165, 1.54) is 24.1 Å². The highest BCUT2D eigenvalue weighted by Gasteiger charge is 2.27. The van der Waals surface area contributed by atoms with Crippen molar-refractivity contribution < 1.29 is 9.53 Å². The Bertz CT molecular complexity index is 1340. The van der Waals surface area contributed by atoms with Crippen LogP contribution >= 0.6 is 0 Å². The topological polar surface area (TPSA) is 51.2 Å². The third-order valence-corrected chi connectivity index (χ3v) is 6.86. The van der Waals surface area contributed by atoms with Gasteiger partial charge in [0.2, 0.25) is 0 Å². The van der Waals surface area contributed by atoms with Gasteiger partial charge in [0, 0.05) is 49.5 Å². The van der Waals surface area contributed by atoms with E-state index >= 15 is 0 Å². The van der Waals surface area contributed by atoms with E-state index in [1.54, 1.807) is 7.11 Å². The lowest BCUT2D eigenvalue weighted by atomic mass is 9.95. The fourth-order valence-corrected chi connectivity index (χ4v) is 4.81. The van der Waals surface area contributed by atoms with Gasteiger partial charge in [-0.1, -0.05) is 36.4 Å². The van der Waals surface area contributed by atoms with Crippen molar-refractivity contribution >= 4 is 22.4 Å². The van der Waals surface area contributed by atoms with Gasteiger partial charge in [-0.25, -0.2) is 0 Å². The van der Waals surface area contributed by atoms with Crippen LogP contribution in [-0.2, 0) is 17.6 Å². The average molecular weight is 465 g/mol. The maximum absolute atomic E-state index is 13.4. The van der Waals surface area contributed by atoms with Crippen LogP contribution in [-0.4, -0.2) is 31.5 Å². The highest BCUT2D eigenvalue weighted by Crippen LogP contribution is 2.42. The summed E-state index contributed by atoms with van der Waals surface area (Å²) in [6, 6.07) is 24.8. The number of rotatable bonds is 10. The number of aromatic nitrogens is 1. The second-order valence-corrected chi connectivity index (χ2v) is 9.39. The van der Waals surface area contributed by atoms with E-state index in [0.29, 0.717) is 12.3 Å². The first-order valence-electron chi connectivity index (χ1n) is 12.5. The minimum Gasteiger partial charge on any atom is -0.388 e. The van der Waals surface area contributed by atoms with Crippen LogP contribution in [0.3, 0.4) is 0 Å². The Hall–Kier alpha value is -3.50. The summed E-state index contributed by atoms with van der Waals surface area (Å²) in [5, 5.41) is 4.30. The van der Waals surface area contributed by atoms with Crippen molar-refractivity contribution in [2.45, 2.75) is 38.0 Å². The maximum atomic E-state index is 13.4. The van der Waals surface area contributed by atoms with Crippen LogP contribution in [0.5, 0.6) is 0 Å². The minimum atomic E-state index is 0.116. The molecule has 1 N–H and O–H groups in total. The Morgan fingerprint density at radius 2 is 1.83 bits per heavy atom. The molecular formula is C31H32N2O2. The Morgan fingerprint density at radius 1 is 1.00 bits per heavy atom. The normalized spacial score (nSPS) is 13.2. The molecule has 1 aliphatic carbocycles. The number of fused-ring (bicyclic) bond motifs is 1. The van der Waals surface area contributed by atoms with Crippen LogP contribution in [0.2, 0.25) is 0 Å². The number of Topliss-reactive ketones (excluding diaryl/α,β-unsaturated/α-hetero) is 1. The van der Waals surface area contributed by atoms with Crippen LogP contribution in [0.1, 0.15) is 52.4 Å². The lowest BCUT2D eigenvalue weighted by molar-refractivity contribution is 0.0993. The van der Waals surface area contributed by atoms with Crippen molar-refractivity contribution in [3.05, 3.63) is 95.2 Å². The number of benzene rings is 3. The quantitative estimate of drug-likeness (QED) is 0.207. The molecule has 5 rings (SSSR count). The number of hydrogen-bond acceptors (Lipinski definition) is 4. The molecule has 4 heteroatoms. The molecule has 1 fully saturated rings. The number of carbonyl (C=O) groups is 1. The van der Waals surface area contributed by atoms with E-state index in [9.17, 15) is 4.79 Å². The summed E-state index contributed by atoms with van der Waals surface area (Å²) in [6.45, 7) is 0.747. The van der Waals surface area contributed by atoms with Crippen molar-refractivity contribution in [1.82, 2.24) is 4.98 Å². The summed E-state index contributed by atoms with van der Waals surface area (Å²) in [7, 11) is 3.64. The molecule has 4 aromatic rings. The summed E-state index contributed by atoms with van der Waals surface area (Å²) in [6.07, 6.45) is 4.71. The number of nitrogens with zero attached hydrogens (tertiary/aromatic N) is 1. The molecule has 0 bridgehead atoms. The van der Waals surface area contributed by atoms with Gasteiger partial charge >= 0.3 is 0 Å². The zero-order valence-electron chi connectivity index (χ0n) is 20.5. The highest BCUT2D eigenvalue weighted by molar-refractivity contribution is 6.01. The molecule has 0 radical (unpaired) electrons. The van der Waals surface area contributed by atoms with Gasteiger partial charge in [0.05, 0.1) is 5.52 Å². The van der Waals surface area contributed by atoms with Gasteiger partial charge in [0.15, 0.2) is 5.78 Å². The lowest BCUT2D eigenvalue weighted by Gasteiger charge is -2.13. The third kappa shape index (κ3) is 5.28. The lowest BCUT2D eigenvalue weighted by Crippen LogP contribution is -2.07. The SMILES string of the molecule is CNc1ccc(-c2ccccc2)cc1CC(=O)c1ccc2nc(CCCOC)c(C3CC3)cc2c1. The molecule has 0 atom stereocenters. The van der Waals surface area contributed by atoms with Crippen LogP contribution < -0.4 is 5.32 Å². The van der Waals surface area contributed by atoms with Gasteiger partial charge in [-0.2, -0.15) is 0 Å². The van der Waals surface area contributed by atoms with Crippen molar-refractivity contribution in [2.24, 2.45) is 0 Å². The Kier molecular flexibility index (Phi) is 6.91. The van der Waals surface area contributed by atoms with E-state index in [1.807, 2.05) is 43.4 Å². The zero-order chi connectivity index (χ0) is 24.2. The van der Waals surface area contributed by atoms with E-state index in [-0.39, 0.29) is 5.78 Å². The van der Waals surface area contributed by atoms with E-state index in [2.05, 4.69) is 41.7 Å². The molecular weight excluding hydrogens is 432 g/mol. The predicted molar refractivity (Wildman–Crippen MR) is 143 cm³/mol. The van der Waals surface area contributed by atoms with E-state index < -0.39 is 0 Å². The largest absolute Gasteiger partial charge is 0.388 e. The van der Waals surface area contributed by atoms with Gasteiger partial charge < -0.3 is 10.1 Å². The van der Waals surface area contributed by atoms with Crippen molar-refractivity contribution in [2.75, 3.05) is 26.1 Å². The van der Waals surface area contributed by atoms with Gasteiger partial charge in [-0.05, 0) is 90.3 Å².